The summed E-state index contributed by atoms with van der Waals surface area (Å²) in [6.45, 7) is 4.31. The zero-order chi connectivity index (χ0) is 10.4. The summed E-state index contributed by atoms with van der Waals surface area (Å²) >= 11 is 0. The third kappa shape index (κ3) is 3.65. The molecule has 1 atom stereocenters. The van der Waals surface area contributed by atoms with Crippen molar-refractivity contribution in [2.24, 2.45) is 5.92 Å². The molecule has 1 rings (SSSR count). The largest absolute Gasteiger partial charge is 0.516 e. The number of hydrogen-bond donors (Lipinski definition) is 1. The Morgan fingerprint density at radius 3 is 2.86 bits per heavy atom. The lowest BCUT2D eigenvalue weighted by Crippen LogP contribution is -1.98. The molecule has 0 aromatic heterocycles. The highest BCUT2D eigenvalue weighted by molar-refractivity contribution is 5.22. The van der Waals surface area contributed by atoms with Crippen LogP contribution in [0.3, 0.4) is 0 Å². The summed E-state index contributed by atoms with van der Waals surface area (Å²) in [5.41, 5.74) is 2.69. The normalized spacial score (nSPS) is 13.3. The summed E-state index contributed by atoms with van der Waals surface area (Å²) < 4.78 is 0. The number of aliphatic hydroxyl groups is 1. The standard InChI is InChI=1S/C13H18O/c1-11-5-3-7-13(9-11)10-12(2)6-4-8-14/h3-5,7-9,12,14H,6,10H2,1-2H3. The van der Waals surface area contributed by atoms with Gasteiger partial charge in [-0.3, -0.25) is 0 Å². The molecule has 0 saturated heterocycles. The van der Waals surface area contributed by atoms with Crippen molar-refractivity contribution in [1.82, 2.24) is 0 Å². The SMILES string of the molecule is Cc1cccc(CC(C)CC=CO)c1. The Morgan fingerprint density at radius 1 is 1.43 bits per heavy atom. The highest BCUT2D eigenvalue weighted by atomic mass is 16.2. The molecule has 0 aliphatic heterocycles. The Morgan fingerprint density at radius 2 is 2.21 bits per heavy atom. The topological polar surface area (TPSA) is 20.2 Å². The fraction of sp³-hybridized carbons (Fsp3) is 0.385. The molecule has 14 heavy (non-hydrogen) atoms. The predicted molar refractivity (Wildman–Crippen MR) is 60.4 cm³/mol. The first-order chi connectivity index (χ1) is 6.72. The molecule has 0 fully saturated rings. The predicted octanol–water partition coefficient (Wildman–Crippen LogP) is 3.64. The van der Waals surface area contributed by atoms with Crippen LogP contribution in [0.15, 0.2) is 36.6 Å². The van der Waals surface area contributed by atoms with Gasteiger partial charge in [-0.2, -0.15) is 0 Å². The molecule has 1 nitrogen and oxygen atoms in total. The summed E-state index contributed by atoms with van der Waals surface area (Å²) in [7, 11) is 0. The highest BCUT2D eigenvalue weighted by Gasteiger charge is 2.01. The Bertz CT molecular complexity index is 302. The van der Waals surface area contributed by atoms with Crippen LogP contribution in [0, 0.1) is 12.8 Å². The maximum atomic E-state index is 8.54. The molecule has 1 aromatic carbocycles. The van der Waals surface area contributed by atoms with E-state index in [9.17, 15) is 0 Å². The van der Waals surface area contributed by atoms with E-state index in [0.717, 1.165) is 19.1 Å². The minimum absolute atomic E-state index is 0.584. The summed E-state index contributed by atoms with van der Waals surface area (Å²) in [4.78, 5) is 0. The van der Waals surface area contributed by atoms with Crippen molar-refractivity contribution in [3.8, 4) is 0 Å². The second-order valence-electron chi connectivity index (χ2n) is 3.92. The van der Waals surface area contributed by atoms with E-state index in [-0.39, 0.29) is 0 Å². The van der Waals surface area contributed by atoms with E-state index in [1.54, 1.807) is 6.08 Å². The molecule has 0 heterocycles. The maximum absolute atomic E-state index is 8.54. The van der Waals surface area contributed by atoms with Gasteiger partial charge in [0.25, 0.3) is 0 Å². The molecular weight excluding hydrogens is 172 g/mol. The van der Waals surface area contributed by atoms with Gasteiger partial charge in [0.2, 0.25) is 0 Å². The summed E-state index contributed by atoms with van der Waals surface area (Å²) in [6.07, 6.45) is 4.95. The molecule has 1 aromatic rings. The van der Waals surface area contributed by atoms with E-state index >= 15 is 0 Å². The van der Waals surface area contributed by atoms with E-state index in [1.165, 1.54) is 11.1 Å². The molecule has 0 radical (unpaired) electrons. The molecule has 0 amide bonds. The van der Waals surface area contributed by atoms with Crippen molar-refractivity contribution in [3.63, 3.8) is 0 Å². The van der Waals surface area contributed by atoms with Crippen LogP contribution in [0.4, 0.5) is 0 Å². The van der Waals surface area contributed by atoms with Crippen LogP contribution in [-0.4, -0.2) is 5.11 Å². The third-order valence-corrected chi connectivity index (χ3v) is 2.31. The zero-order valence-corrected chi connectivity index (χ0v) is 8.90. The zero-order valence-electron chi connectivity index (χ0n) is 8.90. The van der Waals surface area contributed by atoms with Gasteiger partial charge in [0.1, 0.15) is 0 Å². The molecule has 0 saturated carbocycles. The van der Waals surface area contributed by atoms with Crippen molar-refractivity contribution >= 4 is 0 Å². The molecule has 0 aliphatic rings. The number of benzene rings is 1. The average molecular weight is 190 g/mol. The molecule has 76 valence electrons. The highest BCUT2D eigenvalue weighted by Crippen LogP contribution is 2.13. The van der Waals surface area contributed by atoms with E-state index in [0.29, 0.717) is 5.92 Å². The van der Waals surface area contributed by atoms with Crippen LogP contribution in [0.25, 0.3) is 0 Å². The minimum Gasteiger partial charge on any atom is -0.516 e. The average Bonchev–Trinajstić information content (AvgIpc) is 2.15. The van der Waals surface area contributed by atoms with Crippen LogP contribution in [0.5, 0.6) is 0 Å². The van der Waals surface area contributed by atoms with E-state index in [4.69, 9.17) is 5.11 Å². The molecule has 0 spiro atoms. The van der Waals surface area contributed by atoms with E-state index in [1.807, 2.05) is 0 Å². The van der Waals surface area contributed by atoms with Gasteiger partial charge in [-0.15, -0.1) is 0 Å². The fourth-order valence-electron chi connectivity index (χ4n) is 1.62. The Balaban J connectivity index is 2.51. The van der Waals surface area contributed by atoms with E-state index < -0.39 is 0 Å². The van der Waals surface area contributed by atoms with E-state index in [2.05, 4.69) is 38.1 Å². The van der Waals surface area contributed by atoms with Gasteiger partial charge in [-0.25, -0.2) is 0 Å². The van der Waals surface area contributed by atoms with Crippen LogP contribution in [0.2, 0.25) is 0 Å². The molecular formula is C13H18O. The molecule has 0 aliphatic carbocycles. The second kappa shape index (κ2) is 5.48. The lowest BCUT2D eigenvalue weighted by molar-refractivity contribution is 0.465. The van der Waals surface area contributed by atoms with Crippen molar-refractivity contribution < 1.29 is 5.11 Å². The van der Waals surface area contributed by atoms with Crippen LogP contribution in [-0.2, 0) is 6.42 Å². The van der Waals surface area contributed by atoms with Gasteiger partial charge in [-0.05, 0) is 37.3 Å². The van der Waals surface area contributed by atoms with Crippen molar-refractivity contribution in [2.75, 3.05) is 0 Å². The van der Waals surface area contributed by atoms with Gasteiger partial charge < -0.3 is 5.11 Å². The van der Waals surface area contributed by atoms with Crippen LogP contribution < -0.4 is 0 Å². The number of aliphatic hydroxyl groups excluding tert-OH is 1. The lowest BCUT2D eigenvalue weighted by Gasteiger charge is -2.08. The van der Waals surface area contributed by atoms with Gasteiger partial charge in [0.15, 0.2) is 0 Å². The fourth-order valence-corrected chi connectivity index (χ4v) is 1.62. The van der Waals surface area contributed by atoms with Crippen LogP contribution >= 0.6 is 0 Å². The Labute approximate surface area is 86.1 Å². The summed E-state index contributed by atoms with van der Waals surface area (Å²) in [5, 5.41) is 8.54. The van der Waals surface area contributed by atoms with Gasteiger partial charge in [0.05, 0.1) is 6.26 Å². The van der Waals surface area contributed by atoms with Gasteiger partial charge in [-0.1, -0.05) is 36.8 Å². The summed E-state index contributed by atoms with van der Waals surface area (Å²) in [5.74, 6) is 0.584. The van der Waals surface area contributed by atoms with Crippen molar-refractivity contribution in [2.45, 2.75) is 26.7 Å². The third-order valence-electron chi connectivity index (χ3n) is 2.31. The Hall–Kier alpha value is -1.24. The van der Waals surface area contributed by atoms with Crippen molar-refractivity contribution in [3.05, 3.63) is 47.7 Å². The second-order valence-corrected chi connectivity index (χ2v) is 3.92. The van der Waals surface area contributed by atoms with Crippen LogP contribution in [0.1, 0.15) is 24.5 Å². The van der Waals surface area contributed by atoms with Crippen molar-refractivity contribution in [1.29, 1.82) is 0 Å². The maximum Gasteiger partial charge on any atom is 0.0751 e. The monoisotopic (exact) mass is 190 g/mol. The van der Waals surface area contributed by atoms with Gasteiger partial charge in [0, 0.05) is 0 Å². The molecule has 1 unspecified atom stereocenters. The number of allylic oxidation sites excluding steroid dienone is 1. The smallest absolute Gasteiger partial charge is 0.0751 e. The first-order valence-corrected chi connectivity index (χ1v) is 5.07. The Kier molecular flexibility index (Phi) is 4.24. The minimum atomic E-state index is 0.584. The lowest BCUT2D eigenvalue weighted by atomic mass is 9.97. The quantitative estimate of drug-likeness (QED) is 0.719. The number of aryl methyl sites for hydroxylation is 1. The molecule has 1 N–H and O–H groups in total. The van der Waals surface area contributed by atoms with Gasteiger partial charge >= 0.3 is 0 Å². The summed E-state index contributed by atoms with van der Waals surface area (Å²) in [6, 6.07) is 8.59. The first kappa shape index (κ1) is 10.8. The number of hydrogen-bond acceptors (Lipinski definition) is 1. The molecule has 0 bridgehead atoms. The molecule has 1 heteroatoms. The number of rotatable bonds is 4. The first-order valence-electron chi connectivity index (χ1n) is 5.07.